The number of carbonyl (C=O) groups is 2. The minimum atomic E-state index is -1.03. The third kappa shape index (κ3) is 6.16. The molecule has 0 spiro atoms. The Morgan fingerprint density at radius 1 is 0.784 bits per heavy atom. The largest absolute Gasteiger partial charge is 0.478 e. The quantitative estimate of drug-likeness (QED) is 0.253. The zero-order valence-corrected chi connectivity index (χ0v) is 21.3. The second-order valence-corrected chi connectivity index (χ2v) is 9.86. The van der Waals surface area contributed by atoms with Gasteiger partial charge in [0.05, 0.1) is 11.3 Å². The minimum absolute atomic E-state index is 0.160. The number of carboxylic acids is 1. The van der Waals surface area contributed by atoms with Gasteiger partial charge < -0.3 is 20.5 Å². The molecule has 188 valence electrons. The number of carbonyl (C=O) groups excluding carboxylic acids is 1. The average Bonchev–Trinajstić information content (AvgIpc) is 2.84. The number of aromatic carboxylic acids is 1. The molecule has 6 nitrogen and oxygen atoms in total. The fourth-order valence-electron chi connectivity index (χ4n) is 4.11. The Bertz CT molecular complexity index is 1450. The van der Waals surface area contributed by atoms with Crippen molar-refractivity contribution in [2.75, 3.05) is 10.6 Å². The number of benzene rings is 4. The van der Waals surface area contributed by atoms with E-state index in [4.69, 9.17) is 4.74 Å². The van der Waals surface area contributed by atoms with Crippen molar-refractivity contribution in [3.8, 4) is 22.6 Å². The molecule has 0 fully saturated rings. The molecule has 0 bridgehead atoms. The van der Waals surface area contributed by atoms with E-state index in [0.717, 1.165) is 11.1 Å². The molecular formula is C31H30N2O4. The minimum Gasteiger partial charge on any atom is -0.478 e. The smallest absolute Gasteiger partial charge is 0.336 e. The molecule has 0 aliphatic rings. The lowest BCUT2D eigenvalue weighted by molar-refractivity contribution is 0.0697. The normalized spacial score (nSPS) is 11.0. The number of nitrogens with one attached hydrogen (secondary N) is 2. The Balaban J connectivity index is 1.74. The van der Waals surface area contributed by atoms with Crippen LogP contribution in [-0.2, 0) is 5.41 Å². The number of hydrogen-bond acceptors (Lipinski definition) is 3. The van der Waals surface area contributed by atoms with Crippen LogP contribution in [0.25, 0.3) is 11.1 Å². The summed E-state index contributed by atoms with van der Waals surface area (Å²) in [6.07, 6.45) is 0. The lowest BCUT2D eigenvalue weighted by Gasteiger charge is -2.23. The molecule has 37 heavy (non-hydrogen) atoms. The molecule has 0 heterocycles. The van der Waals surface area contributed by atoms with Crippen molar-refractivity contribution in [3.63, 3.8) is 0 Å². The van der Waals surface area contributed by atoms with Crippen LogP contribution in [0.3, 0.4) is 0 Å². The van der Waals surface area contributed by atoms with E-state index in [2.05, 4.69) is 31.4 Å². The number of ether oxygens (including phenoxy) is 1. The van der Waals surface area contributed by atoms with E-state index in [1.165, 1.54) is 0 Å². The zero-order valence-electron chi connectivity index (χ0n) is 21.3. The molecule has 4 rings (SSSR count). The Kier molecular flexibility index (Phi) is 7.30. The van der Waals surface area contributed by atoms with Gasteiger partial charge in [0, 0.05) is 11.3 Å². The first-order valence-corrected chi connectivity index (χ1v) is 12.0. The van der Waals surface area contributed by atoms with Gasteiger partial charge in [-0.2, -0.15) is 0 Å². The van der Waals surface area contributed by atoms with E-state index in [1.54, 1.807) is 42.5 Å². The monoisotopic (exact) mass is 494 g/mol. The number of rotatable bonds is 6. The van der Waals surface area contributed by atoms with Crippen LogP contribution in [0.5, 0.6) is 11.5 Å². The Labute approximate surface area is 216 Å². The lowest BCUT2D eigenvalue weighted by Crippen LogP contribution is -2.20. The summed E-state index contributed by atoms with van der Waals surface area (Å²) in [5.74, 6) is 0.0882. The van der Waals surface area contributed by atoms with Gasteiger partial charge in [-0.3, -0.25) is 0 Å². The maximum Gasteiger partial charge on any atom is 0.336 e. The first-order valence-electron chi connectivity index (χ1n) is 12.0. The molecule has 0 saturated carbocycles. The Hall–Kier alpha value is -4.58. The highest BCUT2D eigenvalue weighted by molar-refractivity contribution is 6.02. The van der Waals surface area contributed by atoms with E-state index in [-0.39, 0.29) is 11.0 Å². The van der Waals surface area contributed by atoms with Crippen molar-refractivity contribution in [1.82, 2.24) is 0 Å². The van der Waals surface area contributed by atoms with E-state index in [1.807, 2.05) is 55.5 Å². The summed E-state index contributed by atoms with van der Waals surface area (Å²) in [5.41, 5.74) is 4.30. The molecule has 3 N–H and O–H groups in total. The molecule has 0 aliphatic heterocycles. The van der Waals surface area contributed by atoms with E-state index < -0.39 is 12.0 Å². The summed E-state index contributed by atoms with van der Waals surface area (Å²) < 4.78 is 6.35. The number of aryl methyl sites for hydroxylation is 1. The van der Waals surface area contributed by atoms with Gasteiger partial charge >= 0.3 is 12.0 Å². The van der Waals surface area contributed by atoms with Crippen LogP contribution in [0.1, 0.15) is 42.3 Å². The lowest BCUT2D eigenvalue weighted by atomic mass is 9.86. The SMILES string of the molecule is Cc1cccc(NC(=O)Nc2cc(-c3ccccc3C(=O)O)ccc2Oc2ccccc2C(C)(C)C)c1. The van der Waals surface area contributed by atoms with Crippen molar-refractivity contribution in [1.29, 1.82) is 0 Å². The van der Waals surface area contributed by atoms with Crippen molar-refractivity contribution in [2.45, 2.75) is 33.1 Å². The van der Waals surface area contributed by atoms with E-state index in [9.17, 15) is 14.7 Å². The summed E-state index contributed by atoms with van der Waals surface area (Å²) in [7, 11) is 0. The molecule has 4 aromatic carbocycles. The van der Waals surface area contributed by atoms with Gasteiger partial charge in [-0.15, -0.1) is 0 Å². The number of hydrogen-bond donors (Lipinski definition) is 3. The van der Waals surface area contributed by atoms with Gasteiger partial charge in [0.2, 0.25) is 0 Å². The third-order valence-electron chi connectivity index (χ3n) is 5.89. The van der Waals surface area contributed by atoms with Crippen molar-refractivity contribution >= 4 is 23.4 Å². The standard InChI is InChI=1S/C31H30N2O4/c1-20-10-9-11-22(18-20)32-30(36)33-26-19-21(23-12-5-6-13-24(23)29(34)35)16-17-28(26)37-27-15-8-7-14-25(27)31(2,3)4/h5-19H,1-4H3,(H,34,35)(H2,32,33,36). The number of para-hydroxylation sites is 1. The van der Waals surface area contributed by atoms with Gasteiger partial charge in [0.15, 0.2) is 5.75 Å². The van der Waals surface area contributed by atoms with Gasteiger partial charge in [-0.25, -0.2) is 9.59 Å². The van der Waals surface area contributed by atoms with Crippen LogP contribution in [0.4, 0.5) is 16.2 Å². The third-order valence-corrected chi connectivity index (χ3v) is 5.89. The fraction of sp³-hybridized carbons (Fsp3) is 0.161. The Morgan fingerprint density at radius 3 is 2.24 bits per heavy atom. The second kappa shape index (κ2) is 10.6. The highest BCUT2D eigenvalue weighted by atomic mass is 16.5. The summed E-state index contributed by atoms with van der Waals surface area (Å²) in [6.45, 7) is 8.27. The molecule has 0 saturated heterocycles. The summed E-state index contributed by atoms with van der Waals surface area (Å²) in [6, 6.07) is 26.9. The molecule has 0 unspecified atom stereocenters. The van der Waals surface area contributed by atoms with Crippen molar-refractivity contribution in [3.05, 3.63) is 108 Å². The van der Waals surface area contributed by atoms with Gasteiger partial charge in [-0.1, -0.05) is 75.4 Å². The van der Waals surface area contributed by atoms with Gasteiger partial charge in [-0.05, 0) is 65.4 Å². The highest BCUT2D eigenvalue weighted by Crippen LogP contribution is 2.39. The molecule has 0 atom stereocenters. The molecule has 0 radical (unpaired) electrons. The first-order chi connectivity index (χ1) is 17.6. The number of carboxylic acid groups (broad SMARTS) is 1. The number of amides is 2. The topological polar surface area (TPSA) is 87.7 Å². The molecule has 6 heteroatoms. The summed E-state index contributed by atoms with van der Waals surface area (Å²) in [5, 5.41) is 15.4. The Morgan fingerprint density at radius 2 is 1.51 bits per heavy atom. The summed E-state index contributed by atoms with van der Waals surface area (Å²) >= 11 is 0. The van der Waals surface area contributed by atoms with Crippen molar-refractivity contribution in [2.24, 2.45) is 0 Å². The van der Waals surface area contributed by atoms with E-state index >= 15 is 0 Å². The predicted octanol–water partition coefficient (Wildman–Crippen LogP) is 8.09. The summed E-state index contributed by atoms with van der Waals surface area (Å²) in [4.78, 5) is 24.8. The predicted molar refractivity (Wildman–Crippen MR) is 148 cm³/mol. The molecular weight excluding hydrogens is 464 g/mol. The molecule has 0 aromatic heterocycles. The molecule has 0 aliphatic carbocycles. The van der Waals surface area contributed by atoms with Gasteiger partial charge in [0.25, 0.3) is 0 Å². The van der Waals surface area contributed by atoms with Gasteiger partial charge in [0.1, 0.15) is 5.75 Å². The van der Waals surface area contributed by atoms with Crippen LogP contribution in [0.2, 0.25) is 0 Å². The molecule has 2 amide bonds. The van der Waals surface area contributed by atoms with Crippen LogP contribution in [-0.4, -0.2) is 17.1 Å². The second-order valence-electron chi connectivity index (χ2n) is 9.86. The average molecular weight is 495 g/mol. The van der Waals surface area contributed by atoms with Crippen LogP contribution in [0, 0.1) is 6.92 Å². The fourth-order valence-corrected chi connectivity index (χ4v) is 4.11. The molecule has 4 aromatic rings. The maximum absolute atomic E-state index is 13.0. The van der Waals surface area contributed by atoms with Crippen molar-refractivity contribution < 1.29 is 19.4 Å². The maximum atomic E-state index is 13.0. The van der Waals surface area contributed by atoms with Crippen LogP contribution < -0.4 is 15.4 Å². The van der Waals surface area contributed by atoms with E-state index in [0.29, 0.717) is 34.0 Å². The number of urea groups is 1. The number of anilines is 2. The first kappa shape index (κ1) is 25.5. The van der Waals surface area contributed by atoms with Crippen LogP contribution >= 0.6 is 0 Å². The zero-order chi connectivity index (χ0) is 26.6. The highest BCUT2D eigenvalue weighted by Gasteiger charge is 2.21. The van der Waals surface area contributed by atoms with Crippen LogP contribution in [0.15, 0.2) is 91.0 Å².